The molecule has 1 rings (SSSR count). The van der Waals surface area contributed by atoms with Gasteiger partial charge in [0.1, 0.15) is 0 Å². The van der Waals surface area contributed by atoms with Crippen LogP contribution in [0.25, 0.3) is 0 Å². The van der Waals surface area contributed by atoms with Gasteiger partial charge in [-0.25, -0.2) is 0 Å². The fraction of sp³-hybridized carbons (Fsp3) is 0.500. The lowest BCUT2D eigenvalue weighted by Crippen LogP contribution is -2.17. The number of nitrogens with zero attached hydrogens (tertiary/aromatic N) is 3. The Morgan fingerprint density at radius 3 is 2.81 bits per heavy atom. The molecule has 8 nitrogen and oxygen atoms in total. The Hall–Kier alpha value is -2.12. The largest absolute Gasteiger partial charge is 0.464 e. The highest BCUT2D eigenvalue weighted by molar-refractivity contribution is 5.74. The predicted molar refractivity (Wildman–Crippen MR) is 57.7 cm³/mol. The topological polar surface area (TPSA) is 129 Å². The third kappa shape index (κ3) is 3.95. The molecule has 0 bridgehead atoms. The van der Waals surface area contributed by atoms with E-state index in [2.05, 4.69) is 20.3 Å². The van der Waals surface area contributed by atoms with E-state index in [-0.39, 0.29) is 24.3 Å². The molecular weight excluding hydrogens is 212 g/mol. The van der Waals surface area contributed by atoms with Crippen LogP contribution in [0.2, 0.25) is 0 Å². The van der Waals surface area contributed by atoms with Crippen LogP contribution in [-0.2, 0) is 4.79 Å². The van der Waals surface area contributed by atoms with Crippen LogP contribution in [0.3, 0.4) is 0 Å². The van der Waals surface area contributed by atoms with Crippen molar-refractivity contribution in [3.63, 3.8) is 0 Å². The number of ether oxygens (including phenoxy) is 1. The predicted octanol–water partition coefficient (Wildman–Crippen LogP) is -0.860. The summed E-state index contributed by atoms with van der Waals surface area (Å²) >= 11 is 0. The molecule has 1 amide bonds. The average molecular weight is 226 g/mol. The Balaban J connectivity index is 2.61. The van der Waals surface area contributed by atoms with Gasteiger partial charge in [-0.15, -0.1) is 0 Å². The molecule has 1 heterocycles. The minimum Gasteiger partial charge on any atom is -0.464 e. The quantitative estimate of drug-likeness (QED) is 0.575. The van der Waals surface area contributed by atoms with E-state index in [0.717, 1.165) is 0 Å². The normalized spacial score (nSPS) is 9.81. The van der Waals surface area contributed by atoms with Gasteiger partial charge in [0.15, 0.2) is 0 Å². The third-order valence-corrected chi connectivity index (χ3v) is 1.56. The monoisotopic (exact) mass is 226 g/mol. The number of nitrogens with two attached hydrogens (primary N) is 2. The summed E-state index contributed by atoms with van der Waals surface area (Å²) in [7, 11) is 0. The van der Waals surface area contributed by atoms with Crippen molar-refractivity contribution >= 4 is 17.8 Å². The maximum absolute atomic E-state index is 10.5. The summed E-state index contributed by atoms with van der Waals surface area (Å²) in [6.45, 7) is 2.58. The summed E-state index contributed by atoms with van der Waals surface area (Å²) in [6.07, 6.45) is 0.190. The molecule has 0 fully saturated rings. The highest BCUT2D eigenvalue weighted by Gasteiger charge is 2.04. The molecule has 0 atom stereocenters. The molecule has 0 saturated heterocycles. The lowest BCUT2D eigenvalue weighted by atomic mass is 10.4. The number of hydrogen-bond acceptors (Lipinski definition) is 7. The van der Waals surface area contributed by atoms with Gasteiger partial charge in [0, 0.05) is 13.0 Å². The molecule has 0 aliphatic heterocycles. The van der Waals surface area contributed by atoms with Crippen molar-refractivity contribution in [1.82, 2.24) is 15.0 Å². The summed E-state index contributed by atoms with van der Waals surface area (Å²) in [5.41, 5.74) is 10.4. The second kappa shape index (κ2) is 5.69. The molecule has 0 aliphatic carbocycles. The molecule has 0 unspecified atom stereocenters. The summed E-state index contributed by atoms with van der Waals surface area (Å²) in [5.74, 6) is -0.0863. The van der Waals surface area contributed by atoms with Crippen molar-refractivity contribution in [2.24, 2.45) is 5.73 Å². The summed E-state index contributed by atoms with van der Waals surface area (Å²) in [5, 5.41) is 2.79. The van der Waals surface area contributed by atoms with E-state index in [1.165, 1.54) is 0 Å². The van der Waals surface area contributed by atoms with Gasteiger partial charge in [-0.05, 0) is 6.92 Å². The molecule has 5 N–H and O–H groups in total. The number of aromatic nitrogens is 3. The van der Waals surface area contributed by atoms with Gasteiger partial charge >= 0.3 is 6.01 Å². The Bertz CT molecular complexity index is 370. The van der Waals surface area contributed by atoms with Gasteiger partial charge in [0.05, 0.1) is 6.61 Å². The van der Waals surface area contributed by atoms with Crippen molar-refractivity contribution < 1.29 is 9.53 Å². The average Bonchev–Trinajstić information content (AvgIpc) is 2.16. The zero-order valence-electron chi connectivity index (χ0n) is 8.93. The lowest BCUT2D eigenvalue weighted by molar-refractivity contribution is -0.117. The number of nitrogen functional groups attached to an aromatic ring is 1. The molecule has 0 radical (unpaired) electrons. The SMILES string of the molecule is CCOc1nc(N)nc(NCCC(N)=O)n1. The Morgan fingerprint density at radius 2 is 2.19 bits per heavy atom. The number of nitrogens with one attached hydrogen (secondary N) is 1. The van der Waals surface area contributed by atoms with Crippen molar-refractivity contribution in [2.45, 2.75) is 13.3 Å². The second-order valence-electron chi connectivity index (χ2n) is 2.88. The van der Waals surface area contributed by atoms with Gasteiger partial charge in [-0.1, -0.05) is 0 Å². The molecule has 16 heavy (non-hydrogen) atoms. The van der Waals surface area contributed by atoms with Gasteiger partial charge in [0.2, 0.25) is 17.8 Å². The van der Waals surface area contributed by atoms with Crippen LogP contribution in [0.5, 0.6) is 6.01 Å². The highest BCUT2D eigenvalue weighted by Crippen LogP contribution is 2.08. The summed E-state index contributed by atoms with van der Waals surface area (Å²) in [4.78, 5) is 22.0. The molecule has 0 aromatic carbocycles. The number of amides is 1. The van der Waals surface area contributed by atoms with E-state index in [1.54, 1.807) is 6.92 Å². The van der Waals surface area contributed by atoms with Crippen LogP contribution in [0.15, 0.2) is 0 Å². The van der Waals surface area contributed by atoms with Crippen molar-refractivity contribution in [1.29, 1.82) is 0 Å². The maximum Gasteiger partial charge on any atom is 0.323 e. The molecule has 88 valence electrons. The number of anilines is 2. The highest BCUT2D eigenvalue weighted by atomic mass is 16.5. The van der Waals surface area contributed by atoms with Crippen LogP contribution in [0.1, 0.15) is 13.3 Å². The Morgan fingerprint density at radius 1 is 1.44 bits per heavy atom. The first kappa shape index (κ1) is 12.0. The second-order valence-corrected chi connectivity index (χ2v) is 2.88. The van der Waals surface area contributed by atoms with E-state index in [9.17, 15) is 4.79 Å². The molecule has 1 aromatic rings. The van der Waals surface area contributed by atoms with Gasteiger partial charge in [0.25, 0.3) is 0 Å². The third-order valence-electron chi connectivity index (χ3n) is 1.56. The van der Waals surface area contributed by atoms with Crippen molar-refractivity contribution in [2.75, 3.05) is 24.2 Å². The van der Waals surface area contributed by atoms with Crippen molar-refractivity contribution in [3.05, 3.63) is 0 Å². The van der Waals surface area contributed by atoms with Gasteiger partial charge in [-0.2, -0.15) is 15.0 Å². The fourth-order valence-electron chi connectivity index (χ4n) is 0.942. The molecule has 8 heteroatoms. The van der Waals surface area contributed by atoms with E-state index in [1.807, 2.05) is 0 Å². The zero-order chi connectivity index (χ0) is 12.0. The molecular formula is C8H14N6O2. The van der Waals surface area contributed by atoms with Gasteiger partial charge in [-0.3, -0.25) is 4.79 Å². The van der Waals surface area contributed by atoms with E-state index < -0.39 is 5.91 Å². The maximum atomic E-state index is 10.5. The van der Waals surface area contributed by atoms with Crippen LogP contribution in [0, 0.1) is 0 Å². The van der Waals surface area contributed by atoms with E-state index in [0.29, 0.717) is 13.2 Å². The number of primary amides is 1. The van der Waals surface area contributed by atoms with E-state index in [4.69, 9.17) is 16.2 Å². The van der Waals surface area contributed by atoms with Crippen molar-refractivity contribution in [3.8, 4) is 6.01 Å². The summed E-state index contributed by atoms with van der Waals surface area (Å²) < 4.78 is 5.08. The summed E-state index contributed by atoms with van der Waals surface area (Å²) in [6, 6.07) is 0.150. The number of hydrogen-bond donors (Lipinski definition) is 3. The first-order valence-electron chi connectivity index (χ1n) is 4.78. The standard InChI is InChI=1S/C8H14N6O2/c1-2-16-8-13-6(10)12-7(14-8)11-4-3-5(9)15/h2-4H2,1H3,(H2,9,15)(H3,10,11,12,13,14). The smallest absolute Gasteiger partial charge is 0.323 e. The Kier molecular flexibility index (Phi) is 4.25. The van der Waals surface area contributed by atoms with Crippen LogP contribution >= 0.6 is 0 Å². The molecule has 1 aromatic heterocycles. The molecule has 0 saturated carbocycles. The van der Waals surface area contributed by atoms with Crippen LogP contribution in [-0.4, -0.2) is 34.0 Å². The molecule has 0 aliphatic rings. The van der Waals surface area contributed by atoms with E-state index >= 15 is 0 Å². The van der Waals surface area contributed by atoms with Crippen LogP contribution < -0.4 is 21.5 Å². The van der Waals surface area contributed by atoms with Gasteiger partial charge < -0.3 is 21.5 Å². The first-order chi connectivity index (χ1) is 7.61. The minimum atomic E-state index is -0.403. The zero-order valence-corrected chi connectivity index (χ0v) is 8.93. The Labute approximate surface area is 92.4 Å². The van der Waals surface area contributed by atoms with Crippen LogP contribution in [0.4, 0.5) is 11.9 Å². The fourth-order valence-corrected chi connectivity index (χ4v) is 0.942. The number of carbonyl (C=O) groups is 1. The molecule has 0 spiro atoms. The lowest BCUT2D eigenvalue weighted by Gasteiger charge is -2.06. The first-order valence-corrected chi connectivity index (χ1v) is 4.78. The number of rotatable bonds is 6. The number of carbonyl (C=O) groups excluding carboxylic acids is 1. The minimum absolute atomic E-state index is 0.0556.